The lowest BCUT2D eigenvalue weighted by Gasteiger charge is -2.11. The summed E-state index contributed by atoms with van der Waals surface area (Å²) in [6.45, 7) is 7.13. The first-order valence-corrected chi connectivity index (χ1v) is 7.07. The maximum Gasteiger partial charge on any atom is 0.0680 e. The summed E-state index contributed by atoms with van der Waals surface area (Å²) < 4.78 is 2.09. The van der Waals surface area contributed by atoms with Gasteiger partial charge in [-0.25, -0.2) is 4.68 Å². The third kappa shape index (κ3) is 2.87. The van der Waals surface area contributed by atoms with Crippen molar-refractivity contribution in [2.45, 2.75) is 40.0 Å². The fourth-order valence-corrected chi connectivity index (χ4v) is 2.31. The number of hydrogen-bond donors (Lipinski definition) is 1. The minimum atomic E-state index is 0.683. The molecule has 1 aromatic heterocycles. The van der Waals surface area contributed by atoms with Crippen LogP contribution in [0.3, 0.4) is 0 Å². The Kier molecular flexibility index (Phi) is 4.38. The molecule has 1 aromatic carbocycles. The Bertz CT molecular complexity index is 555. The van der Waals surface area contributed by atoms with Crippen molar-refractivity contribution in [3.8, 4) is 5.69 Å². The van der Waals surface area contributed by atoms with E-state index in [1.807, 2.05) is 0 Å². The average molecular weight is 257 g/mol. The van der Waals surface area contributed by atoms with Gasteiger partial charge in [-0.15, -0.1) is 0 Å². The minimum absolute atomic E-state index is 0.683. The number of aryl methyl sites for hydroxylation is 3. The van der Waals surface area contributed by atoms with Crippen LogP contribution in [0, 0.1) is 6.92 Å². The molecule has 0 unspecified atom stereocenters. The lowest BCUT2D eigenvalue weighted by atomic mass is 10.1. The maximum absolute atomic E-state index is 5.65. The van der Waals surface area contributed by atoms with E-state index in [0.29, 0.717) is 6.54 Å². The van der Waals surface area contributed by atoms with E-state index in [0.717, 1.165) is 25.0 Å². The van der Waals surface area contributed by atoms with Gasteiger partial charge in [-0.2, -0.15) is 5.10 Å². The second kappa shape index (κ2) is 6.02. The van der Waals surface area contributed by atoms with Crippen molar-refractivity contribution in [1.82, 2.24) is 9.78 Å². The van der Waals surface area contributed by atoms with Crippen LogP contribution in [0.4, 0.5) is 0 Å². The van der Waals surface area contributed by atoms with Crippen molar-refractivity contribution in [3.63, 3.8) is 0 Å². The highest BCUT2D eigenvalue weighted by molar-refractivity contribution is 5.44. The van der Waals surface area contributed by atoms with Crippen molar-refractivity contribution in [2.24, 2.45) is 5.73 Å². The van der Waals surface area contributed by atoms with Crippen LogP contribution in [0.2, 0.25) is 0 Å². The first kappa shape index (κ1) is 13.8. The second-order valence-electron chi connectivity index (χ2n) is 4.91. The van der Waals surface area contributed by atoms with Crippen LogP contribution in [0.1, 0.15) is 36.4 Å². The number of hydrogen-bond acceptors (Lipinski definition) is 2. The van der Waals surface area contributed by atoms with E-state index in [1.54, 1.807) is 0 Å². The Morgan fingerprint density at radius 2 is 1.95 bits per heavy atom. The number of benzene rings is 1. The molecule has 2 aromatic rings. The molecular formula is C16H23N3. The highest BCUT2D eigenvalue weighted by atomic mass is 15.3. The van der Waals surface area contributed by atoms with Crippen molar-refractivity contribution in [1.29, 1.82) is 0 Å². The lowest BCUT2D eigenvalue weighted by molar-refractivity contribution is 0.787. The van der Waals surface area contributed by atoms with Crippen LogP contribution in [0.15, 0.2) is 24.3 Å². The summed E-state index contributed by atoms with van der Waals surface area (Å²) >= 11 is 0. The molecule has 2 N–H and O–H groups in total. The van der Waals surface area contributed by atoms with Gasteiger partial charge in [-0.05, 0) is 56.0 Å². The van der Waals surface area contributed by atoms with Crippen LogP contribution in [-0.4, -0.2) is 16.3 Å². The van der Waals surface area contributed by atoms with Crippen molar-refractivity contribution >= 4 is 0 Å². The first-order chi connectivity index (χ1) is 9.19. The van der Waals surface area contributed by atoms with E-state index in [4.69, 9.17) is 10.8 Å². The molecule has 2 rings (SSSR count). The zero-order chi connectivity index (χ0) is 13.8. The van der Waals surface area contributed by atoms with Gasteiger partial charge in [0.05, 0.1) is 11.4 Å². The van der Waals surface area contributed by atoms with E-state index in [-0.39, 0.29) is 0 Å². The molecule has 0 bridgehead atoms. The van der Waals surface area contributed by atoms with Gasteiger partial charge >= 0.3 is 0 Å². The summed E-state index contributed by atoms with van der Waals surface area (Å²) in [5, 5.41) is 4.72. The quantitative estimate of drug-likeness (QED) is 0.895. The molecule has 0 aliphatic heterocycles. The monoisotopic (exact) mass is 257 g/mol. The van der Waals surface area contributed by atoms with Gasteiger partial charge in [0.15, 0.2) is 0 Å². The summed E-state index contributed by atoms with van der Waals surface area (Å²) in [7, 11) is 0. The third-order valence-corrected chi connectivity index (χ3v) is 3.49. The fourth-order valence-electron chi connectivity index (χ4n) is 2.31. The molecule has 0 aliphatic carbocycles. The predicted molar refractivity (Wildman–Crippen MR) is 79.8 cm³/mol. The van der Waals surface area contributed by atoms with Gasteiger partial charge in [-0.3, -0.25) is 0 Å². The van der Waals surface area contributed by atoms with Gasteiger partial charge in [0.1, 0.15) is 0 Å². The zero-order valence-electron chi connectivity index (χ0n) is 12.1. The van der Waals surface area contributed by atoms with Crippen molar-refractivity contribution in [2.75, 3.05) is 6.54 Å². The predicted octanol–water partition coefficient (Wildman–Crippen LogP) is 2.81. The largest absolute Gasteiger partial charge is 0.330 e. The lowest BCUT2D eigenvalue weighted by Crippen LogP contribution is -2.07. The molecule has 0 fully saturated rings. The fraction of sp³-hybridized carbons (Fsp3) is 0.438. The number of rotatable bonds is 5. The Balaban J connectivity index is 2.50. The molecule has 3 heteroatoms. The van der Waals surface area contributed by atoms with Gasteiger partial charge in [-0.1, -0.05) is 26.0 Å². The number of nitrogens with two attached hydrogens (primary N) is 1. The van der Waals surface area contributed by atoms with E-state index in [9.17, 15) is 0 Å². The van der Waals surface area contributed by atoms with Crippen LogP contribution in [0.25, 0.3) is 5.69 Å². The topological polar surface area (TPSA) is 43.8 Å². The summed E-state index contributed by atoms with van der Waals surface area (Å²) in [5.41, 5.74) is 11.8. The molecule has 19 heavy (non-hydrogen) atoms. The molecule has 0 saturated carbocycles. The summed E-state index contributed by atoms with van der Waals surface area (Å²) in [6, 6.07) is 8.73. The smallest absolute Gasteiger partial charge is 0.0680 e. The SMILES string of the molecule is CCc1cc(CC)n(-c2cc(CCN)ccc2C)n1. The van der Waals surface area contributed by atoms with E-state index < -0.39 is 0 Å². The van der Waals surface area contributed by atoms with Crippen LogP contribution >= 0.6 is 0 Å². The normalized spacial score (nSPS) is 10.9. The molecule has 0 amide bonds. The summed E-state index contributed by atoms with van der Waals surface area (Å²) in [6.07, 6.45) is 2.88. The van der Waals surface area contributed by atoms with Gasteiger partial charge < -0.3 is 5.73 Å². The summed E-state index contributed by atoms with van der Waals surface area (Å²) in [4.78, 5) is 0. The molecule has 0 saturated heterocycles. The van der Waals surface area contributed by atoms with E-state index in [2.05, 4.69) is 49.7 Å². The van der Waals surface area contributed by atoms with Gasteiger partial charge in [0, 0.05) is 5.69 Å². The van der Waals surface area contributed by atoms with Crippen molar-refractivity contribution < 1.29 is 0 Å². The van der Waals surface area contributed by atoms with Crippen LogP contribution in [0.5, 0.6) is 0 Å². The second-order valence-corrected chi connectivity index (χ2v) is 4.91. The Morgan fingerprint density at radius 3 is 2.58 bits per heavy atom. The Hall–Kier alpha value is -1.61. The molecule has 0 spiro atoms. The van der Waals surface area contributed by atoms with E-state index in [1.165, 1.54) is 22.5 Å². The molecule has 0 aliphatic rings. The van der Waals surface area contributed by atoms with Gasteiger partial charge in [0.25, 0.3) is 0 Å². The summed E-state index contributed by atoms with van der Waals surface area (Å²) in [5.74, 6) is 0. The van der Waals surface area contributed by atoms with Crippen molar-refractivity contribution in [3.05, 3.63) is 46.8 Å². The minimum Gasteiger partial charge on any atom is -0.330 e. The highest BCUT2D eigenvalue weighted by Gasteiger charge is 2.10. The molecule has 0 radical (unpaired) electrons. The Morgan fingerprint density at radius 1 is 1.16 bits per heavy atom. The molecule has 102 valence electrons. The van der Waals surface area contributed by atoms with Crippen LogP contribution < -0.4 is 5.73 Å². The van der Waals surface area contributed by atoms with E-state index >= 15 is 0 Å². The third-order valence-electron chi connectivity index (χ3n) is 3.49. The molecular weight excluding hydrogens is 234 g/mol. The average Bonchev–Trinajstić information content (AvgIpc) is 2.84. The maximum atomic E-state index is 5.65. The standard InChI is InChI=1S/C16H23N3/c1-4-14-11-15(5-2)19(18-14)16-10-13(8-9-17)7-6-12(16)3/h6-7,10-11H,4-5,8-9,17H2,1-3H3. The number of aromatic nitrogens is 2. The molecule has 0 atom stereocenters. The highest BCUT2D eigenvalue weighted by Crippen LogP contribution is 2.19. The molecule has 1 heterocycles. The Labute approximate surface area is 115 Å². The zero-order valence-corrected chi connectivity index (χ0v) is 12.1. The first-order valence-electron chi connectivity index (χ1n) is 7.07. The van der Waals surface area contributed by atoms with Crippen LogP contribution in [-0.2, 0) is 19.3 Å². The molecule has 3 nitrogen and oxygen atoms in total. The van der Waals surface area contributed by atoms with Gasteiger partial charge in [0.2, 0.25) is 0 Å². The number of nitrogens with zero attached hydrogens (tertiary/aromatic N) is 2.